The lowest BCUT2D eigenvalue weighted by Crippen LogP contribution is -2.25. The van der Waals surface area contributed by atoms with Crippen LogP contribution in [0.2, 0.25) is 0 Å². The number of aryl methyl sites for hydroxylation is 1. The molecule has 0 bridgehead atoms. The maximum absolute atomic E-state index is 4.37. The molecule has 0 aromatic carbocycles. The minimum absolute atomic E-state index is 0.475. The van der Waals surface area contributed by atoms with E-state index in [4.69, 9.17) is 0 Å². The third kappa shape index (κ3) is 3.48. The molecule has 0 amide bonds. The van der Waals surface area contributed by atoms with E-state index in [2.05, 4.69) is 60.0 Å². The summed E-state index contributed by atoms with van der Waals surface area (Å²) in [4.78, 5) is 4.37. The molecule has 2 nitrogen and oxygen atoms in total. The fraction of sp³-hybridized carbons (Fsp3) is 0.615. The molecule has 0 spiro atoms. The first kappa shape index (κ1) is 13.5. The highest BCUT2D eigenvalue weighted by Crippen LogP contribution is 2.20. The maximum Gasteiger partial charge on any atom is 0.126 e. The third-order valence-electron chi connectivity index (χ3n) is 3.18. The number of rotatable bonds is 5. The van der Waals surface area contributed by atoms with Crippen LogP contribution in [0.5, 0.6) is 0 Å². The van der Waals surface area contributed by atoms with E-state index in [1.807, 2.05) is 6.20 Å². The van der Waals surface area contributed by atoms with Crippen molar-refractivity contribution in [2.75, 3.05) is 5.32 Å². The summed E-state index contributed by atoms with van der Waals surface area (Å²) >= 11 is 3.46. The predicted octanol–water partition coefficient (Wildman–Crippen LogP) is 4.39. The molecule has 1 heterocycles. The first-order valence-corrected chi connectivity index (χ1v) is 6.76. The Balaban J connectivity index is 2.69. The van der Waals surface area contributed by atoms with Gasteiger partial charge in [0, 0.05) is 16.7 Å². The molecule has 16 heavy (non-hydrogen) atoms. The molecule has 0 saturated carbocycles. The van der Waals surface area contributed by atoms with E-state index in [-0.39, 0.29) is 0 Å². The molecule has 0 radical (unpaired) electrons. The van der Waals surface area contributed by atoms with E-state index in [9.17, 15) is 0 Å². The number of anilines is 1. The van der Waals surface area contributed by atoms with Crippen molar-refractivity contribution in [1.29, 1.82) is 0 Å². The highest BCUT2D eigenvalue weighted by molar-refractivity contribution is 9.10. The van der Waals surface area contributed by atoms with Crippen LogP contribution in [-0.4, -0.2) is 11.0 Å². The summed E-state index contributed by atoms with van der Waals surface area (Å²) in [6.45, 7) is 8.80. The summed E-state index contributed by atoms with van der Waals surface area (Å²) < 4.78 is 1.06. The number of pyridine rings is 1. The second kappa shape index (κ2) is 6.24. The van der Waals surface area contributed by atoms with Crippen LogP contribution >= 0.6 is 15.9 Å². The number of hydrogen-bond acceptors (Lipinski definition) is 2. The zero-order valence-electron chi connectivity index (χ0n) is 10.5. The SMILES string of the molecule is CCC(CC)C(C)Nc1cc(C)c(Br)cn1. The van der Waals surface area contributed by atoms with Crippen LogP contribution in [0.15, 0.2) is 16.7 Å². The van der Waals surface area contributed by atoms with Gasteiger partial charge in [0.1, 0.15) is 5.82 Å². The van der Waals surface area contributed by atoms with Crippen molar-refractivity contribution in [3.8, 4) is 0 Å². The molecule has 0 saturated heterocycles. The Kier molecular flexibility index (Phi) is 5.26. The number of aromatic nitrogens is 1. The van der Waals surface area contributed by atoms with E-state index in [0.717, 1.165) is 10.3 Å². The monoisotopic (exact) mass is 284 g/mol. The molecule has 1 unspecified atom stereocenters. The highest BCUT2D eigenvalue weighted by Gasteiger charge is 2.13. The summed E-state index contributed by atoms with van der Waals surface area (Å²) in [5, 5.41) is 3.48. The van der Waals surface area contributed by atoms with Crippen LogP contribution in [0.4, 0.5) is 5.82 Å². The number of hydrogen-bond donors (Lipinski definition) is 1. The Bertz CT molecular complexity index is 335. The smallest absolute Gasteiger partial charge is 0.126 e. The van der Waals surface area contributed by atoms with Crippen molar-refractivity contribution in [2.24, 2.45) is 5.92 Å². The maximum atomic E-state index is 4.37. The summed E-state index contributed by atoms with van der Waals surface area (Å²) in [5.41, 5.74) is 1.22. The fourth-order valence-corrected chi connectivity index (χ4v) is 2.18. The molecule has 3 heteroatoms. The van der Waals surface area contributed by atoms with Gasteiger partial charge in [-0.3, -0.25) is 0 Å². The van der Waals surface area contributed by atoms with E-state index in [0.29, 0.717) is 12.0 Å². The molecule has 90 valence electrons. The number of nitrogens with zero attached hydrogens (tertiary/aromatic N) is 1. The van der Waals surface area contributed by atoms with Crippen LogP contribution in [-0.2, 0) is 0 Å². The highest BCUT2D eigenvalue weighted by atomic mass is 79.9. The van der Waals surface area contributed by atoms with Gasteiger partial charge in [-0.25, -0.2) is 4.98 Å². The van der Waals surface area contributed by atoms with Gasteiger partial charge in [0.15, 0.2) is 0 Å². The Morgan fingerprint density at radius 3 is 2.50 bits per heavy atom. The zero-order valence-corrected chi connectivity index (χ0v) is 12.1. The van der Waals surface area contributed by atoms with Crippen molar-refractivity contribution >= 4 is 21.7 Å². The lowest BCUT2D eigenvalue weighted by Gasteiger charge is -2.23. The van der Waals surface area contributed by atoms with Crippen LogP contribution in [0.3, 0.4) is 0 Å². The average molecular weight is 285 g/mol. The first-order valence-electron chi connectivity index (χ1n) is 5.97. The van der Waals surface area contributed by atoms with Crippen molar-refractivity contribution < 1.29 is 0 Å². The number of halogens is 1. The zero-order chi connectivity index (χ0) is 12.1. The predicted molar refractivity (Wildman–Crippen MR) is 73.8 cm³/mol. The van der Waals surface area contributed by atoms with Gasteiger partial charge in [-0.05, 0) is 47.3 Å². The van der Waals surface area contributed by atoms with Crippen molar-refractivity contribution in [3.63, 3.8) is 0 Å². The van der Waals surface area contributed by atoms with Gasteiger partial charge in [-0.15, -0.1) is 0 Å². The Morgan fingerprint density at radius 1 is 1.38 bits per heavy atom. The van der Waals surface area contributed by atoms with Gasteiger partial charge in [0.05, 0.1) is 0 Å². The second-order valence-electron chi connectivity index (χ2n) is 4.33. The lowest BCUT2D eigenvalue weighted by molar-refractivity contribution is 0.437. The van der Waals surface area contributed by atoms with E-state index < -0.39 is 0 Å². The largest absolute Gasteiger partial charge is 0.367 e. The fourth-order valence-electron chi connectivity index (χ4n) is 1.97. The minimum Gasteiger partial charge on any atom is -0.367 e. The first-order chi connectivity index (χ1) is 7.58. The molecular formula is C13H21BrN2. The van der Waals surface area contributed by atoms with E-state index in [1.165, 1.54) is 18.4 Å². The van der Waals surface area contributed by atoms with Crippen molar-refractivity contribution in [2.45, 2.75) is 46.6 Å². The Hall–Kier alpha value is -0.570. The Labute approximate surface area is 107 Å². The third-order valence-corrected chi connectivity index (χ3v) is 4.01. The van der Waals surface area contributed by atoms with Crippen molar-refractivity contribution in [1.82, 2.24) is 4.98 Å². The Morgan fingerprint density at radius 2 is 2.00 bits per heavy atom. The topological polar surface area (TPSA) is 24.9 Å². The van der Waals surface area contributed by atoms with E-state index in [1.54, 1.807) is 0 Å². The van der Waals surface area contributed by atoms with Gasteiger partial charge in [0.2, 0.25) is 0 Å². The summed E-state index contributed by atoms with van der Waals surface area (Å²) in [6.07, 6.45) is 4.28. The molecule has 0 aliphatic rings. The summed E-state index contributed by atoms with van der Waals surface area (Å²) in [7, 11) is 0. The van der Waals surface area contributed by atoms with Gasteiger partial charge < -0.3 is 5.32 Å². The van der Waals surface area contributed by atoms with Crippen LogP contribution in [0, 0.1) is 12.8 Å². The standard InChI is InChI=1S/C13H21BrN2/c1-5-11(6-2)10(4)16-13-7-9(3)12(14)8-15-13/h7-8,10-11H,5-6H2,1-4H3,(H,15,16). The molecule has 1 aromatic rings. The molecule has 1 aromatic heterocycles. The summed E-state index contributed by atoms with van der Waals surface area (Å²) in [5.74, 6) is 1.69. The molecule has 1 atom stereocenters. The molecule has 0 aliphatic carbocycles. The van der Waals surface area contributed by atoms with Crippen LogP contribution in [0.1, 0.15) is 39.2 Å². The lowest BCUT2D eigenvalue weighted by atomic mass is 9.95. The average Bonchev–Trinajstić information content (AvgIpc) is 2.25. The van der Waals surface area contributed by atoms with Crippen LogP contribution in [0.25, 0.3) is 0 Å². The molecule has 0 fully saturated rings. The molecule has 1 N–H and O–H groups in total. The second-order valence-corrected chi connectivity index (χ2v) is 5.18. The van der Waals surface area contributed by atoms with Gasteiger partial charge in [0.25, 0.3) is 0 Å². The van der Waals surface area contributed by atoms with Gasteiger partial charge >= 0.3 is 0 Å². The normalized spacial score (nSPS) is 12.9. The van der Waals surface area contributed by atoms with Crippen molar-refractivity contribution in [3.05, 3.63) is 22.3 Å². The molecule has 0 aliphatic heterocycles. The number of nitrogens with one attached hydrogen (secondary N) is 1. The van der Waals surface area contributed by atoms with E-state index >= 15 is 0 Å². The minimum atomic E-state index is 0.475. The molecule has 1 rings (SSSR count). The quantitative estimate of drug-likeness (QED) is 0.868. The summed E-state index contributed by atoms with van der Waals surface area (Å²) in [6, 6.07) is 2.56. The van der Waals surface area contributed by atoms with Crippen LogP contribution < -0.4 is 5.32 Å². The van der Waals surface area contributed by atoms with Gasteiger partial charge in [-0.2, -0.15) is 0 Å². The van der Waals surface area contributed by atoms with Gasteiger partial charge in [-0.1, -0.05) is 26.7 Å². The molecular weight excluding hydrogens is 264 g/mol.